The van der Waals surface area contributed by atoms with Crippen LogP contribution in [0.3, 0.4) is 0 Å². The van der Waals surface area contributed by atoms with E-state index in [0.717, 1.165) is 46.7 Å². The molecule has 0 aliphatic rings. The van der Waals surface area contributed by atoms with Gasteiger partial charge in [-0.1, -0.05) is 60.1 Å². The molecule has 0 radical (unpaired) electrons. The normalized spacial score (nSPS) is 14.1. The zero-order valence-electron chi connectivity index (χ0n) is 30.8. The van der Waals surface area contributed by atoms with E-state index < -0.39 is 43.0 Å². The number of unbranched alkanes of at least 4 members (excludes halogenated alkanes) is 1. The first-order chi connectivity index (χ1) is 26.8. The third kappa shape index (κ3) is 12.5. The van der Waals surface area contributed by atoms with E-state index in [-0.39, 0.29) is 40.9 Å². The molecule has 0 aliphatic heterocycles. The minimum Gasteiger partial charge on any atom is -0.394 e. The lowest BCUT2D eigenvalue weighted by molar-refractivity contribution is -0.117. The van der Waals surface area contributed by atoms with Gasteiger partial charge in [0.05, 0.1) is 18.8 Å². The van der Waals surface area contributed by atoms with E-state index in [4.69, 9.17) is 39.3 Å². The standard InChI is InChI=1S/C38H51ClN10O7/c39-33-35(42)48-34(41)30(47-33)37(56)49-38(43)45-17-4-3-7-22-12-13-23(26-9-2-1-8-25(22)26)18-27(40)36(55)46-24-14-10-21(11-15-24)6-5-16-44-19-28(51)31(53)32(54)29(52)20-50/h1-2,8-15,27-29,31-32,44,50-54H,3-7,16-20,40H2,(H,46,55)(H4,41,42,48)(H3,43,45,49,56)/t27?,28-,29+,31+,32+/m0/s1. The predicted molar refractivity (Wildman–Crippen MR) is 215 cm³/mol. The van der Waals surface area contributed by atoms with Crippen molar-refractivity contribution in [2.75, 3.05) is 43.0 Å². The fourth-order valence-electron chi connectivity index (χ4n) is 5.97. The van der Waals surface area contributed by atoms with Crippen LogP contribution >= 0.6 is 11.6 Å². The zero-order chi connectivity index (χ0) is 40.8. The molecule has 0 spiro atoms. The second kappa shape index (κ2) is 21.4. The summed E-state index contributed by atoms with van der Waals surface area (Å²) < 4.78 is 0. The highest BCUT2D eigenvalue weighted by molar-refractivity contribution is 6.31. The number of hydrogen-bond donors (Lipinski definition) is 13. The van der Waals surface area contributed by atoms with Crippen molar-refractivity contribution in [1.29, 1.82) is 5.41 Å². The number of hydrogen-bond acceptors (Lipinski definition) is 14. The predicted octanol–water partition coefficient (Wildman–Crippen LogP) is 0.191. The Balaban J connectivity index is 1.19. The van der Waals surface area contributed by atoms with Crippen LogP contribution in [0.5, 0.6) is 0 Å². The number of nitrogens with one attached hydrogen (secondary N) is 5. The van der Waals surface area contributed by atoms with E-state index in [1.54, 1.807) is 0 Å². The lowest BCUT2D eigenvalue weighted by Gasteiger charge is -2.25. The van der Waals surface area contributed by atoms with Gasteiger partial charge < -0.3 is 58.7 Å². The Morgan fingerprint density at radius 2 is 1.46 bits per heavy atom. The maximum atomic E-state index is 13.1. The van der Waals surface area contributed by atoms with Crippen molar-refractivity contribution in [3.05, 3.63) is 88.2 Å². The van der Waals surface area contributed by atoms with Crippen LogP contribution in [-0.4, -0.2) is 110 Å². The molecule has 2 amide bonds. The molecule has 56 heavy (non-hydrogen) atoms. The molecule has 3 aromatic carbocycles. The van der Waals surface area contributed by atoms with Crippen molar-refractivity contribution in [2.45, 2.75) is 69.0 Å². The molecule has 5 atom stereocenters. The largest absolute Gasteiger partial charge is 0.394 e. The van der Waals surface area contributed by atoms with E-state index in [9.17, 15) is 30.0 Å². The minimum absolute atomic E-state index is 0.00322. The average Bonchev–Trinajstić information content (AvgIpc) is 3.19. The summed E-state index contributed by atoms with van der Waals surface area (Å²) in [7, 11) is 0. The first-order valence-electron chi connectivity index (χ1n) is 18.2. The zero-order valence-corrected chi connectivity index (χ0v) is 31.5. The number of aliphatic hydroxyl groups excluding tert-OH is 5. The number of carbonyl (C=O) groups excluding carboxylic acids is 2. The Hall–Kier alpha value is -4.98. The highest BCUT2D eigenvalue weighted by Crippen LogP contribution is 2.25. The van der Waals surface area contributed by atoms with E-state index in [0.29, 0.717) is 38.0 Å². The molecule has 0 bridgehead atoms. The molecule has 0 saturated carbocycles. The summed E-state index contributed by atoms with van der Waals surface area (Å²) in [6.45, 7) is 0.228. The molecule has 4 aromatic rings. The van der Waals surface area contributed by atoms with E-state index >= 15 is 0 Å². The number of aromatic nitrogens is 2. The lowest BCUT2D eigenvalue weighted by Crippen LogP contribution is -2.49. The van der Waals surface area contributed by atoms with Crippen LogP contribution in [0.25, 0.3) is 10.8 Å². The van der Waals surface area contributed by atoms with E-state index in [2.05, 4.69) is 37.3 Å². The first kappa shape index (κ1) is 43.7. The van der Waals surface area contributed by atoms with Crippen LogP contribution in [-0.2, 0) is 24.1 Å². The molecular formula is C38H51ClN10O7. The molecule has 0 fully saturated rings. The van der Waals surface area contributed by atoms with Gasteiger partial charge in [-0.05, 0) is 84.7 Å². The SMILES string of the molecule is N=C(NCCCCc1ccc(CC(N)C(=O)Nc2ccc(CCCNC[C@H](O)[C@@H](O)[C@H](O)[C@H](O)CO)cc2)c2ccccc12)NC(=O)c1nc(Cl)c(N)nc1N. The number of amides is 2. The van der Waals surface area contributed by atoms with Gasteiger partial charge in [0, 0.05) is 18.8 Å². The topological polar surface area (TPSA) is 311 Å². The van der Waals surface area contributed by atoms with Crippen molar-refractivity contribution in [3.8, 4) is 0 Å². The molecule has 0 aliphatic carbocycles. The number of anilines is 3. The number of halogens is 1. The van der Waals surface area contributed by atoms with Crippen LogP contribution in [0.15, 0.2) is 60.7 Å². The lowest BCUT2D eigenvalue weighted by atomic mass is 9.93. The van der Waals surface area contributed by atoms with Gasteiger partial charge in [0.25, 0.3) is 5.91 Å². The van der Waals surface area contributed by atoms with Gasteiger partial charge in [-0.3, -0.25) is 20.3 Å². The van der Waals surface area contributed by atoms with Crippen LogP contribution in [0.4, 0.5) is 17.3 Å². The molecule has 1 aromatic heterocycles. The summed E-state index contributed by atoms with van der Waals surface area (Å²) in [5.74, 6) is -1.55. The minimum atomic E-state index is -1.66. The van der Waals surface area contributed by atoms with Crippen LogP contribution in [0.2, 0.25) is 5.15 Å². The van der Waals surface area contributed by atoms with Crippen LogP contribution in [0, 0.1) is 5.41 Å². The Morgan fingerprint density at radius 3 is 2.16 bits per heavy atom. The molecule has 18 heteroatoms. The van der Waals surface area contributed by atoms with Gasteiger partial charge >= 0.3 is 0 Å². The summed E-state index contributed by atoms with van der Waals surface area (Å²) >= 11 is 5.84. The van der Waals surface area contributed by atoms with Crippen molar-refractivity contribution >= 4 is 57.5 Å². The highest BCUT2D eigenvalue weighted by atomic mass is 35.5. The third-order valence-electron chi connectivity index (χ3n) is 9.13. The molecule has 17 nitrogen and oxygen atoms in total. The molecule has 1 heterocycles. The number of benzene rings is 3. The summed E-state index contributed by atoms with van der Waals surface area (Å²) in [4.78, 5) is 33.1. The summed E-state index contributed by atoms with van der Waals surface area (Å²) in [6.07, 6.45) is -2.07. The monoisotopic (exact) mass is 794 g/mol. The van der Waals surface area contributed by atoms with Gasteiger partial charge in [-0.25, -0.2) is 9.97 Å². The quantitative estimate of drug-likeness (QED) is 0.0323. The van der Waals surface area contributed by atoms with Gasteiger partial charge in [0.15, 0.2) is 28.4 Å². The molecule has 16 N–H and O–H groups in total. The van der Waals surface area contributed by atoms with Crippen molar-refractivity contribution in [1.82, 2.24) is 25.9 Å². The Bertz CT molecular complexity index is 1940. The smallest absolute Gasteiger partial charge is 0.280 e. The number of nitrogens with two attached hydrogens (primary N) is 3. The van der Waals surface area contributed by atoms with Gasteiger partial charge in [0.2, 0.25) is 5.91 Å². The fourth-order valence-corrected chi connectivity index (χ4v) is 6.10. The molecule has 4 rings (SSSR count). The molecule has 302 valence electrons. The number of guanidine groups is 1. The van der Waals surface area contributed by atoms with Crippen molar-refractivity contribution in [3.63, 3.8) is 0 Å². The van der Waals surface area contributed by atoms with E-state index in [1.165, 1.54) is 0 Å². The Labute approximate surface area is 329 Å². The number of nitrogens with zero attached hydrogens (tertiary/aromatic N) is 2. The molecule has 1 unspecified atom stereocenters. The fraction of sp³-hybridized carbons (Fsp3) is 0.395. The number of rotatable bonds is 20. The maximum absolute atomic E-state index is 13.1. The highest BCUT2D eigenvalue weighted by Gasteiger charge is 2.29. The summed E-state index contributed by atoms with van der Waals surface area (Å²) in [5.41, 5.74) is 21.2. The number of carbonyl (C=O) groups is 2. The summed E-state index contributed by atoms with van der Waals surface area (Å²) in [6, 6.07) is 18.7. The summed E-state index contributed by atoms with van der Waals surface area (Å²) in [5, 5.41) is 69.0. The Kier molecular flexibility index (Phi) is 16.7. The van der Waals surface area contributed by atoms with Gasteiger partial charge in [-0.2, -0.15) is 0 Å². The second-order valence-corrected chi connectivity index (χ2v) is 13.7. The molecule has 0 saturated heterocycles. The second-order valence-electron chi connectivity index (χ2n) is 13.4. The van der Waals surface area contributed by atoms with Crippen LogP contribution < -0.4 is 38.5 Å². The van der Waals surface area contributed by atoms with Gasteiger partial charge in [-0.15, -0.1) is 0 Å². The number of fused-ring (bicyclic) bond motifs is 1. The average molecular weight is 795 g/mol. The maximum Gasteiger partial charge on any atom is 0.280 e. The molecular weight excluding hydrogens is 744 g/mol. The third-order valence-corrected chi connectivity index (χ3v) is 9.41. The number of aryl methyl sites for hydroxylation is 2. The number of nitrogen functional groups attached to an aromatic ring is 2. The first-order valence-corrected chi connectivity index (χ1v) is 18.6. The Morgan fingerprint density at radius 1 is 0.804 bits per heavy atom. The van der Waals surface area contributed by atoms with Crippen molar-refractivity contribution in [2.24, 2.45) is 5.73 Å². The van der Waals surface area contributed by atoms with Gasteiger partial charge in [0.1, 0.15) is 18.3 Å². The van der Waals surface area contributed by atoms with Crippen molar-refractivity contribution < 1.29 is 35.1 Å². The van der Waals surface area contributed by atoms with E-state index in [1.807, 2.05) is 54.6 Å². The number of aliphatic hydroxyl groups is 5. The van der Waals surface area contributed by atoms with Crippen LogP contribution in [0.1, 0.15) is 46.4 Å².